The van der Waals surface area contributed by atoms with Crippen LogP contribution in [0.15, 0.2) is 59.5 Å². The fourth-order valence-electron chi connectivity index (χ4n) is 2.36. The first-order valence-electron chi connectivity index (χ1n) is 8.42. The molecule has 0 aliphatic carbocycles. The second-order valence-corrected chi connectivity index (χ2v) is 7.73. The number of unbranched alkanes of at least 4 members (excludes halogenated alkanes) is 1. The lowest BCUT2D eigenvalue weighted by Gasteiger charge is -2.25. The van der Waals surface area contributed by atoms with E-state index in [1.54, 1.807) is 12.1 Å². The summed E-state index contributed by atoms with van der Waals surface area (Å²) in [6, 6.07) is 15.5. The van der Waals surface area contributed by atoms with Gasteiger partial charge in [0.05, 0.1) is 11.5 Å². The van der Waals surface area contributed by atoms with Gasteiger partial charge < -0.3 is 9.84 Å². The van der Waals surface area contributed by atoms with Crippen molar-refractivity contribution >= 4 is 10.0 Å². The Balaban J connectivity index is 2.19. The Morgan fingerprint density at radius 1 is 1.08 bits per heavy atom. The van der Waals surface area contributed by atoms with Crippen molar-refractivity contribution in [1.82, 2.24) is 4.31 Å². The third-order valence-electron chi connectivity index (χ3n) is 3.79. The van der Waals surface area contributed by atoms with E-state index in [0.717, 1.165) is 22.7 Å². The number of hydrogen-bond donors (Lipinski definition) is 1. The van der Waals surface area contributed by atoms with Gasteiger partial charge in [-0.1, -0.05) is 43.7 Å². The van der Waals surface area contributed by atoms with Gasteiger partial charge >= 0.3 is 0 Å². The average molecular weight is 363 g/mol. The fraction of sp³-hybridized carbons (Fsp3) is 0.368. The first-order valence-corrected chi connectivity index (χ1v) is 9.86. The molecule has 0 aliphatic heterocycles. The van der Waals surface area contributed by atoms with Gasteiger partial charge in [-0.15, -0.1) is 0 Å². The molecule has 0 spiro atoms. The van der Waals surface area contributed by atoms with E-state index in [0.29, 0.717) is 12.4 Å². The molecule has 0 fully saturated rings. The quantitative estimate of drug-likeness (QED) is 0.548. The number of aliphatic hydroxyl groups is 1. The highest BCUT2D eigenvalue weighted by Crippen LogP contribution is 2.23. The number of benzene rings is 2. The molecule has 0 saturated heterocycles. The number of sulfonamides is 1. The fourth-order valence-corrected chi connectivity index (χ4v) is 3.83. The zero-order chi connectivity index (χ0) is 18.3. The van der Waals surface area contributed by atoms with Crippen molar-refractivity contribution in [1.29, 1.82) is 0 Å². The summed E-state index contributed by atoms with van der Waals surface area (Å²) in [5.74, 6) is 0.638. The predicted octanol–water partition coefficient (Wildman–Crippen LogP) is 3.39. The zero-order valence-electron chi connectivity index (χ0n) is 14.6. The second-order valence-electron chi connectivity index (χ2n) is 5.84. The molecule has 0 aromatic heterocycles. The van der Waals surface area contributed by atoms with Crippen molar-refractivity contribution < 1.29 is 18.3 Å². The van der Waals surface area contributed by atoms with Crippen LogP contribution in [-0.2, 0) is 16.6 Å². The number of rotatable bonds is 9. The summed E-state index contributed by atoms with van der Waals surface area (Å²) in [6.45, 7) is 4.24. The molecule has 0 aliphatic rings. The van der Waals surface area contributed by atoms with Crippen LogP contribution < -0.4 is 4.74 Å². The maximum Gasteiger partial charge on any atom is 0.245 e. The monoisotopic (exact) mass is 363 g/mol. The molecule has 136 valence electrons. The highest BCUT2D eigenvalue weighted by atomic mass is 32.2. The number of ether oxygens (including phenoxy) is 1. The van der Waals surface area contributed by atoms with Crippen molar-refractivity contribution in [2.24, 2.45) is 0 Å². The van der Waals surface area contributed by atoms with E-state index < -0.39 is 16.3 Å². The Morgan fingerprint density at radius 2 is 1.72 bits per heavy atom. The minimum absolute atomic E-state index is 0.107. The molecular weight excluding hydrogens is 338 g/mol. The summed E-state index contributed by atoms with van der Waals surface area (Å²) in [7, 11) is -3.81. The Hall–Kier alpha value is -1.89. The summed E-state index contributed by atoms with van der Waals surface area (Å²) >= 11 is 0. The maximum atomic E-state index is 12.9. The van der Waals surface area contributed by atoms with Gasteiger partial charge in [0.25, 0.3) is 0 Å². The third-order valence-corrected chi connectivity index (χ3v) is 5.71. The van der Waals surface area contributed by atoms with E-state index in [2.05, 4.69) is 6.92 Å². The molecule has 1 atom stereocenters. The van der Waals surface area contributed by atoms with Gasteiger partial charge in [-0.05, 0) is 43.2 Å². The Kier molecular flexibility index (Phi) is 6.99. The smallest absolute Gasteiger partial charge is 0.245 e. The summed E-state index contributed by atoms with van der Waals surface area (Å²) < 4.78 is 32.4. The zero-order valence-corrected chi connectivity index (χ0v) is 15.4. The molecule has 5 nitrogen and oxygen atoms in total. The molecule has 6 heteroatoms. The Bertz CT molecular complexity index is 743. The highest BCUT2D eigenvalue weighted by molar-refractivity contribution is 7.89. The molecular formula is C19H25NO4S. The summed E-state index contributed by atoms with van der Waals surface area (Å²) in [4.78, 5) is 0.132. The highest BCUT2D eigenvalue weighted by Gasteiger charge is 2.28. The van der Waals surface area contributed by atoms with E-state index in [1.165, 1.54) is 19.1 Å². The minimum Gasteiger partial charge on any atom is -0.494 e. The standard InChI is InChI=1S/C19H25NO4S/c1-3-4-14-24-18-10-12-19(13-11-18)25(22,23)20(16(2)21)15-17-8-6-5-7-9-17/h5-13,16,21H,3-4,14-15H2,1-2H3. The molecule has 0 heterocycles. The number of nitrogens with zero attached hydrogens (tertiary/aromatic N) is 1. The Labute approximate surface area is 149 Å². The van der Waals surface area contributed by atoms with E-state index in [4.69, 9.17) is 4.74 Å². The Morgan fingerprint density at radius 3 is 2.28 bits per heavy atom. The van der Waals surface area contributed by atoms with Crippen molar-refractivity contribution in [2.45, 2.75) is 44.4 Å². The average Bonchev–Trinajstić information content (AvgIpc) is 2.61. The van der Waals surface area contributed by atoms with Gasteiger partial charge in [0, 0.05) is 6.54 Å². The van der Waals surface area contributed by atoms with Crippen LogP contribution in [-0.4, -0.2) is 30.7 Å². The molecule has 2 rings (SSSR count). The van der Waals surface area contributed by atoms with E-state index in [1.807, 2.05) is 30.3 Å². The summed E-state index contributed by atoms with van der Waals surface area (Å²) in [6.07, 6.45) is 0.855. The number of aliphatic hydroxyl groups excluding tert-OH is 1. The van der Waals surface area contributed by atoms with Crippen LogP contribution in [0, 0.1) is 0 Å². The first kappa shape index (κ1) is 19.4. The molecule has 2 aromatic rings. The second kappa shape index (κ2) is 8.99. The molecule has 0 saturated carbocycles. The van der Waals surface area contributed by atoms with Crippen molar-refractivity contribution in [3.8, 4) is 5.75 Å². The van der Waals surface area contributed by atoms with Crippen LogP contribution in [0.4, 0.5) is 0 Å². The molecule has 0 bridgehead atoms. The van der Waals surface area contributed by atoms with Crippen LogP contribution in [0.2, 0.25) is 0 Å². The number of hydrogen-bond acceptors (Lipinski definition) is 4. The van der Waals surface area contributed by atoms with E-state index in [9.17, 15) is 13.5 Å². The third kappa shape index (κ3) is 5.29. The van der Waals surface area contributed by atoms with Crippen LogP contribution >= 0.6 is 0 Å². The first-order chi connectivity index (χ1) is 11.9. The van der Waals surface area contributed by atoms with Crippen molar-refractivity contribution in [3.63, 3.8) is 0 Å². The summed E-state index contributed by atoms with van der Waals surface area (Å²) in [5.41, 5.74) is 0.812. The van der Waals surface area contributed by atoms with Gasteiger partial charge in [-0.2, -0.15) is 4.31 Å². The largest absolute Gasteiger partial charge is 0.494 e. The van der Waals surface area contributed by atoms with E-state index in [-0.39, 0.29) is 11.4 Å². The van der Waals surface area contributed by atoms with Gasteiger partial charge in [-0.3, -0.25) is 0 Å². The molecule has 0 amide bonds. The van der Waals surface area contributed by atoms with Crippen LogP contribution in [0.5, 0.6) is 5.75 Å². The topological polar surface area (TPSA) is 66.8 Å². The lowest BCUT2D eigenvalue weighted by Crippen LogP contribution is -2.37. The van der Waals surface area contributed by atoms with E-state index >= 15 is 0 Å². The summed E-state index contributed by atoms with van der Waals surface area (Å²) in [5, 5.41) is 9.99. The van der Waals surface area contributed by atoms with Gasteiger partial charge in [0.2, 0.25) is 10.0 Å². The van der Waals surface area contributed by atoms with Crippen molar-refractivity contribution in [3.05, 3.63) is 60.2 Å². The molecule has 25 heavy (non-hydrogen) atoms. The van der Waals surface area contributed by atoms with Crippen LogP contribution in [0.1, 0.15) is 32.3 Å². The normalized spacial score (nSPS) is 13.0. The minimum atomic E-state index is -3.81. The van der Waals surface area contributed by atoms with Crippen molar-refractivity contribution in [2.75, 3.05) is 6.61 Å². The molecule has 1 N–H and O–H groups in total. The van der Waals surface area contributed by atoms with Gasteiger partial charge in [0.1, 0.15) is 12.0 Å². The van der Waals surface area contributed by atoms with Crippen LogP contribution in [0.3, 0.4) is 0 Å². The van der Waals surface area contributed by atoms with Gasteiger partial charge in [0.15, 0.2) is 0 Å². The molecule has 0 radical (unpaired) electrons. The predicted molar refractivity (Wildman–Crippen MR) is 97.7 cm³/mol. The van der Waals surface area contributed by atoms with Crippen LogP contribution in [0.25, 0.3) is 0 Å². The molecule has 1 unspecified atom stereocenters. The lowest BCUT2D eigenvalue weighted by molar-refractivity contribution is 0.0757. The maximum absolute atomic E-state index is 12.9. The molecule has 2 aromatic carbocycles. The van der Waals surface area contributed by atoms with Gasteiger partial charge in [-0.25, -0.2) is 8.42 Å². The lowest BCUT2D eigenvalue weighted by atomic mass is 10.2. The SMILES string of the molecule is CCCCOc1ccc(S(=O)(=O)N(Cc2ccccc2)C(C)O)cc1.